The van der Waals surface area contributed by atoms with Crippen molar-refractivity contribution < 1.29 is 23.6 Å². The van der Waals surface area contributed by atoms with E-state index in [0.717, 1.165) is 4.90 Å². The molecular weight excluding hydrogens is 348 g/mol. The van der Waals surface area contributed by atoms with Crippen molar-refractivity contribution >= 4 is 35.4 Å². The predicted molar refractivity (Wildman–Crippen MR) is 89.1 cm³/mol. The Morgan fingerprint density at radius 3 is 2.72 bits per heavy atom. The molecule has 0 N–H and O–H groups in total. The minimum atomic E-state index is -0.622. The van der Waals surface area contributed by atoms with Gasteiger partial charge in [-0.15, -0.1) is 0 Å². The number of imide groups is 1. The first kappa shape index (κ1) is 15.9. The number of rotatable bonds is 3. The van der Waals surface area contributed by atoms with Gasteiger partial charge in [0.2, 0.25) is 0 Å². The maximum Gasteiger partial charge on any atom is 0.497 e. The number of urea groups is 1. The van der Waals surface area contributed by atoms with Crippen LogP contribution in [0.25, 0.3) is 0 Å². The summed E-state index contributed by atoms with van der Waals surface area (Å²) in [5.74, 6) is 0.785. The molecule has 2 unspecified atom stereocenters. The molecule has 130 valence electrons. The number of amidine groups is 2. The number of likely N-dealkylation sites (N-methyl/N-ethyl adjacent to an activating group) is 2. The third kappa shape index (κ3) is 2.53. The van der Waals surface area contributed by atoms with Crippen molar-refractivity contribution in [2.24, 2.45) is 4.99 Å². The van der Waals surface area contributed by atoms with Crippen molar-refractivity contribution in [1.29, 1.82) is 0 Å². The minimum Gasteiger partial charge on any atom is -0.490 e. The van der Waals surface area contributed by atoms with E-state index in [-0.39, 0.29) is 12.0 Å². The lowest BCUT2D eigenvalue weighted by Crippen LogP contribution is -2.61. The Hall–Kier alpha value is -2.61. The molecule has 0 aromatic heterocycles. The summed E-state index contributed by atoms with van der Waals surface area (Å²) in [4.78, 5) is 31.3. The zero-order valence-corrected chi connectivity index (χ0v) is 14.4. The highest BCUT2D eigenvalue weighted by Crippen LogP contribution is 2.24. The van der Waals surface area contributed by atoms with E-state index in [9.17, 15) is 9.59 Å². The Bertz CT molecular complexity index is 820. The minimum absolute atomic E-state index is 0.253. The summed E-state index contributed by atoms with van der Waals surface area (Å²) in [5, 5.41) is 0.640. The fourth-order valence-corrected chi connectivity index (χ4v) is 3.19. The molecule has 0 bridgehead atoms. The van der Waals surface area contributed by atoms with E-state index in [1.807, 2.05) is 0 Å². The Labute approximate surface area is 148 Å². The van der Waals surface area contributed by atoms with Gasteiger partial charge in [0, 0.05) is 24.1 Å². The van der Waals surface area contributed by atoms with E-state index in [4.69, 9.17) is 21.1 Å². The van der Waals surface area contributed by atoms with Crippen molar-refractivity contribution in [2.75, 3.05) is 27.2 Å². The van der Waals surface area contributed by atoms with Crippen molar-refractivity contribution in [3.05, 3.63) is 29.3 Å². The quantitative estimate of drug-likeness (QED) is 0.744. The lowest BCUT2D eigenvalue weighted by Gasteiger charge is -2.30. The fourth-order valence-electron chi connectivity index (χ4n) is 3.07. The van der Waals surface area contributed by atoms with Gasteiger partial charge in [0.15, 0.2) is 6.10 Å². The molecule has 3 aliphatic rings. The zero-order valence-electron chi connectivity index (χ0n) is 13.7. The highest BCUT2D eigenvalue weighted by atomic mass is 35.5. The second kappa shape index (κ2) is 5.73. The number of carbonyl (C=O) groups is 2. The van der Waals surface area contributed by atoms with Crippen LogP contribution in [0.1, 0.15) is 0 Å². The molecule has 1 fully saturated rings. The van der Waals surface area contributed by atoms with Crippen molar-refractivity contribution in [2.45, 2.75) is 12.1 Å². The summed E-state index contributed by atoms with van der Waals surface area (Å²) in [7, 11) is 3.06. The number of aliphatic imine (C=N–C) groups is 1. The monoisotopic (exact) mass is 363 g/mol. The molecular formula is C16H16ClN4O4+. The van der Waals surface area contributed by atoms with Crippen LogP contribution in [0.2, 0.25) is 5.02 Å². The first-order valence-electron chi connectivity index (χ1n) is 7.78. The number of ether oxygens (including phenoxy) is 2. The van der Waals surface area contributed by atoms with Gasteiger partial charge in [-0.1, -0.05) is 11.6 Å². The number of hydrogen-bond donors (Lipinski definition) is 0. The van der Waals surface area contributed by atoms with Gasteiger partial charge < -0.3 is 9.47 Å². The smallest absolute Gasteiger partial charge is 0.490 e. The first-order valence-corrected chi connectivity index (χ1v) is 8.16. The summed E-state index contributed by atoms with van der Waals surface area (Å²) in [6, 6.07) is 6.39. The predicted octanol–water partition coefficient (Wildman–Crippen LogP) is 0.791. The van der Waals surface area contributed by atoms with Crippen LogP contribution in [0.15, 0.2) is 29.3 Å². The number of fused-ring (bicyclic) bond motifs is 2. The molecule has 3 amide bonds. The summed E-state index contributed by atoms with van der Waals surface area (Å²) in [6.07, 6.45) is -0.253. The van der Waals surface area contributed by atoms with Gasteiger partial charge in [0.1, 0.15) is 18.9 Å². The molecule has 3 aliphatic heterocycles. The van der Waals surface area contributed by atoms with Crippen LogP contribution in [-0.2, 0) is 9.53 Å². The highest BCUT2D eigenvalue weighted by molar-refractivity contribution is 6.30. The molecule has 3 heterocycles. The van der Waals surface area contributed by atoms with E-state index in [2.05, 4.69) is 4.99 Å². The molecule has 9 heteroatoms. The highest BCUT2D eigenvalue weighted by Gasteiger charge is 2.56. The van der Waals surface area contributed by atoms with Crippen LogP contribution < -0.4 is 4.74 Å². The molecule has 2 atom stereocenters. The van der Waals surface area contributed by atoms with E-state index in [1.54, 1.807) is 35.9 Å². The van der Waals surface area contributed by atoms with Crippen molar-refractivity contribution in [3.8, 4) is 5.75 Å². The maximum absolute atomic E-state index is 12.5. The number of hydrogen-bond acceptors (Lipinski definition) is 5. The third-order valence-corrected chi connectivity index (χ3v) is 4.67. The number of benzene rings is 1. The number of nitrogens with zero attached hydrogens (tertiary/aromatic N) is 4. The molecule has 25 heavy (non-hydrogen) atoms. The van der Waals surface area contributed by atoms with E-state index in [1.165, 1.54) is 11.9 Å². The zero-order chi connectivity index (χ0) is 17.7. The lowest BCUT2D eigenvalue weighted by molar-refractivity contribution is -0.529. The van der Waals surface area contributed by atoms with E-state index >= 15 is 0 Å². The topological polar surface area (TPSA) is 74.5 Å². The number of halogens is 1. The largest absolute Gasteiger partial charge is 0.497 e. The Morgan fingerprint density at radius 2 is 2.00 bits per heavy atom. The maximum atomic E-state index is 12.5. The van der Waals surface area contributed by atoms with E-state index < -0.39 is 12.1 Å². The Kier molecular flexibility index (Phi) is 3.64. The van der Waals surface area contributed by atoms with Gasteiger partial charge >= 0.3 is 12.1 Å². The van der Waals surface area contributed by atoms with Crippen LogP contribution in [0, 0.1) is 0 Å². The molecule has 1 aromatic carbocycles. The SMILES string of the molecule is CN1C(=O)C2C(=NC3=[N+]2CC(COc2ccc(Cl)cc2)O3)N(C)C1=O. The summed E-state index contributed by atoms with van der Waals surface area (Å²) >= 11 is 5.85. The van der Waals surface area contributed by atoms with Crippen LogP contribution in [0.4, 0.5) is 4.79 Å². The second-order valence-electron chi connectivity index (χ2n) is 6.05. The van der Waals surface area contributed by atoms with Crippen LogP contribution >= 0.6 is 11.6 Å². The standard InChI is InChI=1S/C16H16ClN4O4/c1-19-13-12(14(22)20(2)16(19)23)21-7-11(25-15(21)18-13)8-24-10-5-3-9(17)4-6-10/h3-6,11-12H,7-8H2,1-2H3/q+1. The first-order chi connectivity index (χ1) is 12.0. The van der Waals surface area contributed by atoms with Gasteiger partial charge in [0.25, 0.3) is 17.8 Å². The summed E-state index contributed by atoms with van der Waals surface area (Å²) < 4.78 is 13.3. The van der Waals surface area contributed by atoms with Crippen LogP contribution in [-0.4, -0.2) is 77.6 Å². The molecule has 1 saturated heterocycles. The molecule has 0 radical (unpaired) electrons. The molecule has 0 aliphatic carbocycles. The van der Waals surface area contributed by atoms with Gasteiger partial charge in [0.05, 0.1) is 0 Å². The lowest BCUT2D eigenvalue weighted by atomic mass is 10.1. The van der Waals surface area contributed by atoms with Crippen molar-refractivity contribution in [1.82, 2.24) is 9.80 Å². The van der Waals surface area contributed by atoms with E-state index in [0.29, 0.717) is 35.8 Å². The molecule has 1 aromatic rings. The van der Waals surface area contributed by atoms with Gasteiger partial charge in [-0.3, -0.25) is 14.6 Å². The second-order valence-corrected chi connectivity index (χ2v) is 6.49. The van der Waals surface area contributed by atoms with Gasteiger partial charge in [-0.2, -0.15) is 4.58 Å². The van der Waals surface area contributed by atoms with Gasteiger partial charge in [-0.25, -0.2) is 4.79 Å². The molecule has 8 nitrogen and oxygen atoms in total. The normalized spacial score (nSPS) is 25.0. The average molecular weight is 364 g/mol. The van der Waals surface area contributed by atoms with Gasteiger partial charge in [-0.05, 0) is 24.3 Å². The van der Waals surface area contributed by atoms with Crippen molar-refractivity contribution in [3.63, 3.8) is 0 Å². The van der Waals surface area contributed by atoms with Crippen LogP contribution in [0.3, 0.4) is 0 Å². The third-order valence-electron chi connectivity index (χ3n) is 4.42. The summed E-state index contributed by atoms with van der Waals surface area (Å²) in [6.45, 7) is 0.778. The summed E-state index contributed by atoms with van der Waals surface area (Å²) in [5.41, 5.74) is 0. The Morgan fingerprint density at radius 1 is 1.28 bits per heavy atom. The number of amides is 3. The van der Waals surface area contributed by atoms with Crippen LogP contribution in [0.5, 0.6) is 5.75 Å². The fraction of sp³-hybridized carbons (Fsp3) is 0.375. The number of carbonyl (C=O) groups excluding carboxylic acids is 2. The molecule has 0 spiro atoms. The molecule has 4 rings (SSSR count). The average Bonchev–Trinajstić information content (AvgIpc) is 3.15. The molecule has 0 saturated carbocycles. The Balaban J connectivity index is 1.45.